The maximum atomic E-state index is 9.27. The summed E-state index contributed by atoms with van der Waals surface area (Å²) < 4.78 is 10.3. The van der Waals surface area contributed by atoms with Crippen LogP contribution in [0.3, 0.4) is 0 Å². The molecule has 1 N–H and O–H groups in total. The molecule has 4 nitrogen and oxygen atoms in total. The molecule has 0 aliphatic carbocycles. The number of nitrogens with zero attached hydrogens (tertiary/aromatic N) is 1. The fourth-order valence-corrected chi connectivity index (χ4v) is 2.03. The Balaban J connectivity index is 2.28. The number of hydrogen-bond acceptors (Lipinski definition) is 4. The quantitative estimate of drug-likeness (QED) is 0.878. The number of ether oxygens (including phenoxy) is 2. The number of hydrogen-bond donors (Lipinski definition) is 1. The van der Waals surface area contributed by atoms with Crippen LogP contribution in [0.25, 0.3) is 0 Å². The number of rotatable bonds is 6. The second-order valence-corrected chi connectivity index (χ2v) is 4.27. The van der Waals surface area contributed by atoms with E-state index in [0.717, 1.165) is 22.9 Å². The Morgan fingerprint density at radius 2 is 1.20 bits per heavy atom. The molecule has 0 aromatic heterocycles. The average Bonchev–Trinajstić information content (AvgIpc) is 2.53. The van der Waals surface area contributed by atoms with Crippen molar-refractivity contribution in [3.63, 3.8) is 0 Å². The SMILES string of the molecule is COc1ccc(N(CCO)c2ccc(OC)cc2)cc1. The van der Waals surface area contributed by atoms with Gasteiger partial charge in [-0.1, -0.05) is 0 Å². The largest absolute Gasteiger partial charge is 0.497 e. The van der Waals surface area contributed by atoms with Crippen LogP contribution in [-0.2, 0) is 0 Å². The first-order valence-electron chi connectivity index (χ1n) is 6.45. The van der Waals surface area contributed by atoms with Crippen LogP contribution >= 0.6 is 0 Å². The molecule has 0 aliphatic rings. The highest BCUT2D eigenvalue weighted by Crippen LogP contribution is 2.28. The predicted molar refractivity (Wildman–Crippen MR) is 80.1 cm³/mol. The van der Waals surface area contributed by atoms with Gasteiger partial charge in [-0.15, -0.1) is 0 Å². The Labute approximate surface area is 119 Å². The summed E-state index contributed by atoms with van der Waals surface area (Å²) in [4.78, 5) is 2.04. The third-order valence-electron chi connectivity index (χ3n) is 3.09. The molecule has 20 heavy (non-hydrogen) atoms. The normalized spacial score (nSPS) is 10.2. The minimum absolute atomic E-state index is 0.0814. The summed E-state index contributed by atoms with van der Waals surface area (Å²) in [5, 5.41) is 9.27. The molecule has 0 atom stereocenters. The van der Waals surface area contributed by atoms with Crippen LogP contribution in [-0.4, -0.2) is 32.5 Å². The van der Waals surface area contributed by atoms with E-state index in [1.54, 1.807) is 14.2 Å². The minimum Gasteiger partial charge on any atom is -0.497 e. The summed E-state index contributed by atoms with van der Waals surface area (Å²) in [6, 6.07) is 15.5. The van der Waals surface area contributed by atoms with Crippen molar-refractivity contribution in [3.8, 4) is 11.5 Å². The molecule has 0 unspecified atom stereocenters. The van der Waals surface area contributed by atoms with Crippen LogP contribution in [0.1, 0.15) is 0 Å². The van der Waals surface area contributed by atoms with Crippen molar-refractivity contribution in [2.75, 3.05) is 32.3 Å². The highest BCUT2D eigenvalue weighted by Gasteiger charge is 2.09. The van der Waals surface area contributed by atoms with E-state index in [-0.39, 0.29) is 6.61 Å². The number of benzene rings is 2. The highest BCUT2D eigenvalue weighted by atomic mass is 16.5. The van der Waals surface area contributed by atoms with Crippen LogP contribution < -0.4 is 14.4 Å². The lowest BCUT2D eigenvalue weighted by molar-refractivity contribution is 0.305. The third kappa shape index (κ3) is 3.22. The summed E-state index contributed by atoms with van der Waals surface area (Å²) >= 11 is 0. The Bertz CT molecular complexity index is 475. The Morgan fingerprint density at radius 3 is 1.50 bits per heavy atom. The average molecular weight is 273 g/mol. The van der Waals surface area contributed by atoms with Crippen molar-refractivity contribution in [1.29, 1.82) is 0 Å². The fourth-order valence-electron chi connectivity index (χ4n) is 2.03. The molecule has 0 amide bonds. The standard InChI is InChI=1S/C16H19NO3/c1-19-15-7-3-13(4-8-15)17(11-12-18)14-5-9-16(20-2)10-6-14/h3-10,18H,11-12H2,1-2H3. The predicted octanol–water partition coefficient (Wildman–Crippen LogP) is 2.83. The van der Waals surface area contributed by atoms with Gasteiger partial charge in [-0.3, -0.25) is 0 Å². The smallest absolute Gasteiger partial charge is 0.119 e. The summed E-state index contributed by atoms with van der Waals surface area (Å²) in [5.74, 6) is 1.62. The van der Waals surface area contributed by atoms with Gasteiger partial charge in [-0.05, 0) is 48.5 Å². The van der Waals surface area contributed by atoms with Gasteiger partial charge in [0.2, 0.25) is 0 Å². The monoisotopic (exact) mass is 273 g/mol. The first kappa shape index (κ1) is 14.2. The van der Waals surface area contributed by atoms with Crippen LogP contribution in [0.2, 0.25) is 0 Å². The van der Waals surface area contributed by atoms with Gasteiger partial charge in [-0.2, -0.15) is 0 Å². The van der Waals surface area contributed by atoms with Gasteiger partial charge in [0.15, 0.2) is 0 Å². The topological polar surface area (TPSA) is 41.9 Å². The lowest BCUT2D eigenvalue weighted by Gasteiger charge is -2.24. The maximum Gasteiger partial charge on any atom is 0.119 e. The highest BCUT2D eigenvalue weighted by molar-refractivity contribution is 5.64. The maximum absolute atomic E-state index is 9.27. The molecule has 0 aliphatic heterocycles. The van der Waals surface area contributed by atoms with Gasteiger partial charge in [0, 0.05) is 17.9 Å². The van der Waals surface area contributed by atoms with Crippen LogP contribution in [0.5, 0.6) is 11.5 Å². The zero-order valence-corrected chi connectivity index (χ0v) is 11.7. The van der Waals surface area contributed by atoms with Crippen LogP contribution in [0, 0.1) is 0 Å². The Kier molecular flexibility index (Phi) is 4.85. The zero-order chi connectivity index (χ0) is 14.4. The molecule has 0 radical (unpaired) electrons. The molecule has 4 heteroatoms. The van der Waals surface area contributed by atoms with Crippen molar-refractivity contribution >= 4 is 11.4 Å². The summed E-state index contributed by atoms with van der Waals surface area (Å²) in [5.41, 5.74) is 2.01. The number of aliphatic hydroxyl groups excluding tert-OH is 1. The molecule has 2 rings (SSSR count). The summed E-state index contributed by atoms with van der Waals surface area (Å²) in [6.45, 7) is 0.608. The molecule has 0 bridgehead atoms. The first-order chi connectivity index (χ1) is 9.78. The van der Waals surface area contributed by atoms with Crippen LogP contribution in [0.4, 0.5) is 11.4 Å². The fraction of sp³-hybridized carbons (Fsp3) is 0.250. The summed E-state index contributed by atoms with van der Waals surface area (Å²) in [7, 11) is 3.29. The van der Waals surface area contributed by atoms with Gasteiger partial charge in [0.25, 0.3) is 0 Å². The van der Waals surface area contributed by atoms with Gasteiger partial charge in [0.1, 0.15) is 11.5 Å². The molecule has 0 heterocycles. The van der Waals surface area contributed by atoms with Gasteiger partial charge < -0.3 is 19.5 Å². The molecular formula is C16H19NO3. The molecule has 0 saturated heterocycles. The van der Waals surface area contributed by atoms with E-state index < -0.39 is 0 Å². The lowest BCUT2D eigenvalue weighted by atomic mass is 10.2. The van der Waals surface area contributed by atoms with Gasteiger partial charge in [-0.25, -0.2) is 0 Å². The minimum atomic E-state index is 0.0814. The van der Waals surface area contributed by atoms with Crippen molar-refractivity contribution in [2.45, 2.75) is 0 Å². The van der Waals surface area contributed by atoms with E-state index in [9.17, 15) is 5.11 Å². The molecule has 2 aromatic rings. The van der Waals surface area contributed by atoms with E-state index in [1.807, 2.05) is 53.4 Å². The van der Waals surface area contributed by atoms with E-state index in [2.05, 4.69) is 0 Å². The first-order valence-corrected chi connectivity index (χ1v) is 6.45. The second kappa shape index (κ2) is 6.82. The molecule has 0 fully saturated rings. The third-order valence-corrected chi connectivity index (χ3v) is 3.09. The van der Waals surface area contributed by atoms with Crippen molar-refractivity contribution in [1.82, 2.24) is 0 Å². The van der Waals surface area contributed by atoms with Crippen molar-refractivity contribution in [3.05, 3.63) is 48.5 Å². The summed E-state index contributed by atoms with van der Waals surface area (Å²) in [6.07, 6.45) is 0. The Morgan fingerprint density at radius 1 is 0.800 bits per heavy atom. The van der Waals surface area contributed by atoms with Gasteiger partial charge in [0.05, 0.1) is 20.8 Å². The number of aliphatic hydroxyl groups is 1. The van der Waals surface area contributed by atoms with E-state index in [0.29, 0.717) is 6.54 Å². The molecular weight excluding hydrogens is 254 g/mol. The van der Waals surface area contributed by atoms with E-state index in [4.69, 9.17) is 9.47 Å². The van der Waals surface area contributed by atoms with Gasteiger partial charge >= 0.3 is 0 Å². The van der Waals surface area contributed by atoms with Crippen molar-refractivity contribution in [2.24, 2.45) is 0 Å². The van der Waals surface area contributed by atoms with E-state index >= 15 is 0 Å². The molecule has 0 spiro atoms. The number of anilines is 2. The molecule has 0 saturated carbocycles. The second-order valence-electron chi connectivity index (χ2n) is 4.27. The molecule has 2 aromatic carbocycles. The van der Waals surface area contributed by atoms with Crippen LogP contribution in [0.15, 0.2) is 48.5 Å². The zero-order valence-electron chi connectivity index (χ0n) is 11.7. The van der Waals surface area contributed by atoms with E-state index in [1.165, 1.54) is 0 Å². The molecule has 106 valence electrons. The van der Waals surface area contributed by atoms with Crippen molar-refractivity contribution < 1.29 is 14.6 Å². The lowest BCUT2D eigenvalue weighted by Crippen LogP contribution is -2.20. The number of methoxy groups -OCH3 is 2. The Hall–Kier alpha value is -2.20.